The van der Waals surface area contributed by atoms with Gasteiger partial charge in [-0.15, -0.1) is 0 Å². The molecule has 0 fully saturated rings. The molecule has 0 aromatic carbocycles. The lowest BCUT2D eigenvalue weighted by Crippen LogP contribution is -2.44. The van der Waals surface area contributed by atoms with Crippen molar-refractivity contribution in [1.82, 2.24) is 39.2 Å². The molecule has 0 radical (unpaired) electrons. The number of carbonyl (C=O) groups excluding carboxylic acids is 16. The third-order valence-corrected chi connectivity index (χ3v) is 19.7. The third kappa shape index (κ3) is 65.7. The summed E-state index contributed by atoms with van der Waals surface area (Å²) in [6, 6.07) is -4.40. The summed E-state index contributed by atoms with van der Waals surface area (Å²) >= 11 is 0. The average Bonchev–Trinajstić information content (AvgIpc) is 1.17. The maximum absolute atomic E-state index is 12.1. The SMILES string of the molecule is C=CC(=O)N(CCC)C(C)C(=O)OC.C=CC(=O)N(CCC)C(C)C(=O)OC(C)C.C=CC(=O)N(CCC)C(C)C(=O)OCC.C=CC(=O)N(CCC)C(C)C(=O)OCC(C)C.C=CC(=O)N(CCC)C(C)C(=O)OCC(CC)CCCC.C=CC(=O)N(CCC)C(C)C(=O)OCCC.C=CC(=O)N(CCC)C(C)C(=O)OCCCC.C=CC(=O)N(CCC)C(C)C(=O)OCCCCCC. The Morgan fingerprint density at radius 2 is 0.474 bits per heavy atom. The second kappa shape index (κ2) is 89.9. The first-order valence-corrected chi connectivity index (χ1v) is 48.5. The summed E-state index contributed by atoms with van der Waals surface area (Å²) in [6.07, 6.45) is 27.3. The van der Waals surface area contributed by atoms with Gasteiger partial charge in [0, 0.05) is 52.4 Å². The van der Waals surface area contributed by atoms with Crippen molar-refractivity contribution in [3.63, 3.8) is 0 Å². The lowest BCUT2D eigenvalue weighted by atomic mass is 10.0. The minimum atomic E-state index is -0.562. The summed E-state index contributed by atoms with van der Waals surface area (Å²) in [7, 11) is 1.31. The lowest BCUT2D eigenvalue weighted by molar-refractivity contribution is -0.156. The van der Waals surface area contributed by atoms with Crippen molar-refractivity contribution in [2.24, 2.45) is 11.8 Å². The molecule has 0 rings (SSSR count). The number of hydrogen-bond acceptors (Lipinski definition) is 24. The van der Waals surface area contributed by atoms with Gasteiger partial charge >= 0.3 is 47.8 Å². The molecule has 0 spiro atoms. The molecule has 9 atom stereocenters. The van der Waals surface area contributed by atoms with Crippen LogP contribution in [0.4, 0.5) is 0 Å². The Bertz CT molecular complexity index is 3440. The van der Waals surface area contributed by atoms with Gasteiger partial charge in [0.25, 0.3) is 0 Å². The van der Waals surface area contributed by atoms with Gasteiger partial charge in [-0.3, -0.25) is 38.4 Å². The van der Waals surface area contributed by atoms with Gasteiger partial charge in [0.05, 0.1) is 52.9 Å². The number of rotatable bonds is 60. The molecule has 0 aliphatic heterocycles. The van der Waals surface area contributed by atoms with E-state index in [1.165, 1.54) is 94.9 Å². The maximum Gasteiger partial charge on any atom is 0.328 e. The molecule has 0 N–H and O–H groups in total. The van der Waals surface area contributed by atoms with Crippen molar-refractivity contribution in [3.8, 4) is 0 Å². The Morgan fingerprint density at radius 3 is 0.689 bits per heavy atom. The highest BCUT2D eigenvalue weighted by Crippen LogP contribution is 2.17. The minimum absolute atomic E-state index is 0.169. The minimum Gasteiger partial charge on any atom is -0.467 e. The van der Waals surface area contributed by atoms with E-state index in [1.54, 1.807) is 76.2 Å². The third-order valence-electron chi connectivity index (χ3n) is 19.7. The van der Waals surface area contributed by atoms with Crippen LogP contribution in [0.1, 0.15) is 302 Å². The van der Waals surface area contributed by atoms with Gasteiger partial charge in [-0.05, 0) is 214 Å². The number of carbonyl (C=O) groups is 16. The number of amides is 8. The number of ether oxygens (including phenoxy) is 8. The lowest BCUT2D eigenvalue weighted by Gasteiger charge is -2.27. The summed E-state index contributed by atoms with van der Waals surface area (Å²) < 4.78 is 40.3. The monoisotopic (exact) mass is 1920 g/mol. The van der Waals surface area contributed by atoms with E-state index in [-0.39, 0.29) is 95.1 Å². The highest BCUT2D eigenvalue weighted by molar-refractivity contribution is 5.95. The fourth-order valence-corrected chi connectivity index (χ4v) is 11.8. The van der Waals surface area contributed by atoms with Crippen molar-refractivity contribution in [1.29, 1.82) is 0 Å². The molecule has 778 valence electrons. The number of unbranched alkanes of at least 4 members (excludes halogenated alkanes) is 5. The molecule has 0 aliphatic rings. The van der Waals surface area contributed by atoms with Crippen LogP contribution in [0, 0.1) is 11.8 Å². The van der Waals surface area contributed by atoms with E-state index in [1.807, 2.05) is 83.1 Å². The summed E-state index contributed by atoms with van der Waals surface area (Å²) in [4.78, 5) is 198. The molecule has 32 heteroatoms. The van der Waals surface area contributed by atoms with Gasteiger partial charge in [0.1, 0.15) is 48.3 Å². The van der Waals surface area contributed by atoms with Gasteiger partial charge < -0.3 is 77.1 Å². The molecule has 135 heavy (non-hydrogen) atoms. The molecule has 0 bridgehead atoms. The van der Waals surface area contributed by atoms with E-state index in [4.69, 9.17) is 33.2 Å². The van der Waals surface area contributed by atoms with Gasteiger partial charge in [0.2, 0.25) is 47.3 Å². The quantitative estimate of drug-likeness (QED) is 0.0236. The summed E-state index contributed by atoms with van der Waals surface area (Å²) in [5, 5.41) is 0. The van der Waals surface area contributed by atoms with Crippen molar-refractivity contribution < 1.29 is 115 Å². The number of methoxy groups -OCH3 is 1. The number of nitrogens with zero attached hydrogens (tertiary/aromatic N) is 8. The molecule has 0 aromatic rings. The summed E-state index contributed by atoms with van der Waals surface area (Å²) in [5.41, 5.74) is 0. The molecule has 9 unspecified atom stereocenters. The van der Waals surface area contributed by atoms with Gasteiger partial charge in [-0.1, -0.05) is 201 Å². The van der Waals surface area contributed by atoms with E-state index < -0.39 is 54.3 Å². The van der Waals surface area contributed by atoms with Crippen LogP contribution in [0.5, 0.6) is 0 Å². The van der Waals surface area contributed by atoms with Gasteiger partial charge in [-0.25, -0.2) is 38.4 Å². The smallest absolute Gasteiger partial charge is 0.328 e. The van der Waals surface area contributed by atoms with Crippen LogP contribution in [0.2, 0.25) is 0 Å². The molecular weight excluding hydrogens is 1730 g/mol. The van der Waals surface area contributed by atoms with Crippen LogP contribution in [-0.2, 0) is 115 Å². The Labute approximate surface area is 813 Å². The topological polar surface area (TPSA) is 373 Å². The predicted octanol–water partition coefficient (Wildman–Crippen LogP) is 16.5. The number of hydrogen-bond donors (Lipinski definition) is 0. The zero-order valence-corrected chi connectivity index (χ0v) is 88.3. The van der Waals surface area contributed by atoms with Crippen molar-refractivity contribution >= 4 is 95.0 Å². The van der Waals surface area contributed by atoms with E-state index in [2.05, 4.69) is 78.1 Å². The van der Waals surface area contributed by atoms with Gasteiger partial charge in [-0.2, -0.15) is 0 Å². The molecule has 0 saturated heterocycles. The van der Waals surface area contributed by atoms with Crippen LogP contribution in [0.15, 0.2) is 101 Å². The molecule has 32 nitrogen and oxygen atoms in total. The second-order valence-corrected chi connectivity index (χ2v) is 32.0. The Morgan fingerprint density at radius 1 is 0.244 bits per heavy atom. The molecule has 0 saturated carbocycles. The van der Waals surface area contributed by atoms with Crippen LogP contribution in [-0.4, -0.2) is 288 Å². The zero-order chi connectivity index (χ0) is 106. The van der Waals surface area contributed by atoms with Gasteiger partial charge in [0.15, 0.2) is 0 Å². The molecular formula is C103H182N8O24. The van der Waals surface area contributed by atoms with Crippen LogP contribution in [0.25, 0.3) is 0 Å². The fourth-order valence-electron chi connectivity index (χ4n) is 11.8. The largest absolute Gasteiger partial charge is 0.467 e. The normalized spacial score (nSPS) is 12.0. The van der Waals surface area contributed by atoms with E-state index in [9.17, 15) is 76.7 Å². The standard InChI is InChI=1S/C17H31NO3.C15H27NO3.2C13H23NO3.2C12H21NO3.C11H19NO3.C10H17NO3/c1-6-10-11-15(8-3)13-21-17(20)14(5)18(12-7-2)16(19)9-4;1-5-8-9-10-12-19-15(18)13(4)16(11-6-2)14(17)7-3;1-6-8-14(12(15)7-2)11(5)13(16)17-9-10(3)4;1-5-8-10-17-13(16)11(4)14(9-6-2)12(15)7-3;1-6-8-13(11(14)7-2)10(5)12(15)16-9(3)4;1-5-8-13(11(14)7-3)10(4)12(15)16-9-6-2;1-5-8-12(10(13)6-2)9(4)11(14)15-7-3;1-5-7-11(9(12)6-2)8(3)10(13)14-4/h9,14-15H,4,6-8,10-13H2,1-3,5H3;7,13H,3,5-6,8-12H2,1-2,4H3;7,10-11H,2,6,8-9H2,1,3-5H3;7,11H,3,5-6,8-10H2,1-2,4H3;7,9-10H,2,6,8H2,1,3-5H3;7,10H,3,5-6,8-9H2,1-2,4H3;6,9H,2,5,7-8H2,1,3-4H3;6,8H,2,5,7H2,1,3-4H3. The first-order chi connectivity index (χ1) is 63.8. The Hall–Kier alpha value is -10.6. The molecule has 8 amide bonds. The van der Waals surface area contributed by atoms with Crippen LogP contribution in [0.3, 0.4) is 0 Å². The van der Waals surface area contributed by atoms with Crippen molar-refractivity contribution in [2.45, 2.75) is 356 Å². The molecule has 0 aliphatic carbocycles. The Kier molecular flexibility index (Phi) is 93.2. The van der Waals surface area contributed by atoms with Crippen molar-refractivity contribution in [3.05, 3.63) is 101 Å². The highest BCUT2D eigenvalue weighted by atomic mass is 16.6. The fraction of sp³-hybridized carbons (Fsp3) is 0.689. The summed E-state index contributed by atoms with van der Waals surface area (Å²) in [5.74, 6) is -4.04. The first kappa shape index (κ1) is 140. The highest BCUT2D eigenvalue weighted by Gasteiger charge is 2.32. The second-order valence-electron chi connectivity index (χ2n) is 32.0. The predicted molar refractivity (Wildman–Crippen MR) is 535 cm³/mol. The van der Waals surface area contributed by atoms with Crippen LogP contribution >= 0.6 is 0 Å². The summed E-state index contributed by atoms with van der Waals surface area (Å²) in [6.45, 7) is 82.8. The molecule has 0 aromatic heterocycles. The molecule has 0 heterocycles. The average molecular weight is 1920 g/mol. The van der Waals surface area contributed by atoms with Crippen LogP contribution < -0.4 is 0 Å². The zero-order valence-electron chi connectivity index (χ0n) is 88.3. The van der Waals surface area contributed by atoms with E-state index in [0.717, 1.165) is 122 Å². The number of esters is 8. The van der Waals surface area contributed by atoms with E-state index in [0.29, 0.717) is 104 Å². The van der Waals surface area contributed by atoms with Crippen molar-refractivity contribution in [2.75, 3.05) is 99.1 Å². The first-order valence-electron chi connectivity index (χ1n) is 48.5. The van der Waals surface area contributed by atoms with E-state index >= 15 is 0 Å². The Balaban J connectivity index is -0.000000228. The maximum atomic E-state index is 12.1.